The normalized spacial score (nSPS) is 10.2. The average Bonchev–Trinajstić information content (AvgIpc) is 2.61. The molecule has 0 bridgehead atoms. The monoisotopic (exact) mass is 177 g/mol. The molecule has 4 heteroatoms. The van der Waals surface area contributed by atoms with Gasteiger partial charge in [0.2, 0.25) is 0 Å². The van der Waals surface area contributed by atoms with E-state index in [1.54, 1.807) is 35.3 Å². The molecule has 0 N–H and O–H groups in total. The maximum absolute atomic E-state index is 13.1. The third-order valence-corrected chi connectivity index (χ3v) is 1.76. The highest BCUT2D eigenvalue weighted by molar-refractivity contribution is 5.17. The van der Waals surface area contributed by atoms with Crippen LogP contribution < -0.4 is 0 Å². The molecule has 0 unspecified atom stereocenters. The lowest BCUT2D eigenvalue weighted by atomic mass is 10.2. The maximum atomic E-state index is 13.1. The molecule has 0 aliphatic rings. The van der Waals surface area contributed by atoms with Crippen molar-refractivity contribution < 1.29 is 4.39 Å². The SMILES string of the molecule is Fc1ccccc1Cn1ccnn1. The summed E-state index contributed by atoms with van der Waals surface area (Å²) in [7, 11) is 0. The van der Waals surface area contributed by atoms with Crippen LogP contribution in [0.25, 0.3) is 0 Å². The molecular weight excluding hydrogens is 169 g/mol. The maximum Gasteiger partial charge on any atom is 0.128 e. The lowest BCUT2D eigenvalue weighted by molar-refractivity contribution is 0.577. The van der Waals surface area contributed by atoms with Crippen molar-refractivity contribution in [3.63, 3.8) is 0 Å². The van der Waals surface area contributed by atoms with Crippen molar-refractivity contribution in [1.82, 2.24) is 15.0 Å². The highest BCUT2D eigenvalue weighted by Crippen LogP contribution is 2.06. The molecule has 0 radical (unpaired) electrons. The third-order valence-electron chi connectivity index (χ3n) is 1.76. The molecule has 0 spiro atoms. The number of rotatable bonds is 2. The van der Waals surface area contributed by atoms with Crippen LogP contribution in [0.2, 0.25) is 0 Å². The van der Waals surface area contributed by atoms with Gasteiger partial charge in [0.25, 0.3) is 0 Å². The summed E-state index contributed by atoms with van der Waals surface area (Å²) < 4.78 is 14.7. The van der Waals surface area contributed by atoms with E-state index in [4.69, 9.17) is 0 Å². The van der Waals surface area contributed by atoms with Gasteiger partial charge in [-0.1, -0.05) is 23.4 Å². The van der Waals surface area contributed by atoms with Crippen LogP contribution in [-0.2, 0) is 6.54 Å². The summed E-state index contributed by atoms with van der Waals surface area (Å²) >= 11 is 0. The summed E-state index contributed by atoms with van der Waals surface area (Å²) in [5, 5.41) is 7.39. The Morgan fingerprint density at radius 1 is 1.31 bits per heavy atom. The van der Waals surface area contributed by atoms with Crippen LogP contribution in [0.3, 0.4) is 0 Å². The van der Waals surface area contributed by atoms with Gasteiger partial charge in [-0.3, -0.25) is 0 Å². The number of halogens is 1. The van der Waals surface area contributed by atoms with E-state index in [2.05, 4.69) is 10.3 Å². The summed E-state index contributed by atoms with van der Waals surface area (Å²) in [6, 6.07) is 6.64. The zero-order valence-electron chi connectivity index (χ0n) is 6.89. The van der Waals surface area contributed by atoms with Gasteiger partial charge in [-0.2, -0.15) is 0 Å². The molecule has 1 aromatic heterocycles. The Morgan fingerprint density at radius 3 is 2.85 bits per heavy atom. The molecular formula is C9H8FN3. The summed E-state index contributed by atoms with van der Waals surface area (Å²) in [5.74, 6) is -0.210. The quantitative estimate of drug-likeness (QED) is 0.695. The average molecular weight is 177 g/mol. The molecule has 0 aliphatic carbocycles. The molecule has 0 saturated carbocycles. The number of aromatic nitrogens is 3. The van der Waals surface area contributed by atoms with Crippen LogP contribution in [-0.4, -0.2) is 15.0 Å². The van der Waals surface area contributed by atoms with Crippen molar-refractivity contribution in [1.29, 1.82) is 0 Å². The second kappa shape index (κ2) is 3.35. The van der Waals surface area contributed by atoms with Crippen LogP contribution >= 0.6 is 0 Å². The van der Waals surface area contributed by atoms with Gasteiger partial charge >= 0.3 is 0 Å². The van der Waals surface area contributed by atoms with Crippen molar-refractivity contribution in [3.8, 4) is 0 Å². The summed E-state index contributed by atoms with van der Waals surface area (Å²) in [6.45, 7) is 0.423. The molecule has 13 heavy (non-hydrogen) atoms. The van der Waals surface area contributed by atoms with Crippen LogP contribution in [0.5, 0.6) is 0 Å². The van der Waals surface area contributed by atoms with Crippen molar-refractivity contribution in [3.05, 3.63) is 48.0 Å². The smallest absolute Gasteiger partial charge is 0.128 e. The first-order chi connectivity index (χ1) is 6.36. The fourth-order valence-corrected chi connectivity index (χ4v) is 1.12. The van der Waals surface area contributed by atoms with Gasteiger partial charge in [-0.25, -0.2) is 9.07 Å². The Hall–Kier alpha value is -1.71. The van der Waals surface area contributed by atoms with Crippen LogP contribution in [0, 0.1) is 5.82 Å². The van der Waals surface area contributed by atoms with Crippen molar-refractivity contribution in [2.45, 2.75) is 6.54 Å². The first kappa shape index (κ1) is 7.91. The first-order valence-electron chi connectivity index (χ1n) is 3.94. The van der Waals surface area contributed by atoms with Gasteiger partial charge in [-0.15, -0.1) is 5.10 Å². The molecule has 2 aromatic rings. The van der Waals surface area contributed by atoms with E-state index in [9.17, 15) is 4.39 Å². The largest absolute Gasteiger partial charge is 0.248 e. The highest BCUT2D eigenvalue weighted by atomic mass is 19.1. The molecule has 3 nitrogen and oxygen atoms in total. The van der Waals surface area contributed by atoms with Gasteiger partial charge in [0.1, 0.15) is 5.82 Å². The van der Waals surface area contributed by atoms with Gasteiger partial charge in [-0.05, 0) is 6.07 Å². The van der Waals surface area contributed by atoms with Crippen LogP contribution in [0.4, 0.5) is 4.39 Å². The summed E-state index contributed by atoms with van der Waals surface area (Å²) in [4.78, 5) is 0. The topological polar surface area (TPSA) is 30.7 Å². The second-order valence-corrected chi connectivity index (χ2v) is 2.69. The molecule has 0 fully saturated rings. The third kappa shape index (κ3) is 1.72. The minimum Gasteiger partial charge on any atom is -0.248 e. The highest BCUT2D eigenvalue weighted by Gasteiger charge is 2.00. The molecule has 66 valence electrons. The van der Waals surface area contributed by atoms with Crippen molar-refractivity contribution >= 4 is 0 Å². The van der Waals surface area contributed by atoms with E-state index in [1.807, 2.05) is 0 Å². The fourth-order valence-electron chi connectivity index (χ4n) is 1.12. The minimum atomic E-state index is -0.210. The first-order valence-corrected chi connectivity index (χ1v) is 3.94. The molecule has 1 aromatic carbocycles. The molecule has 0 saturated heterocycles. The Bertz CT molecular complexity index is 384. The number of nitrogens with zero attached hydrogens (tertiary/aromatic N) is 3. The van der Waals surface area contributed by atoms with Crippen molar-refractivity contribution in [2.75, 3.05) is 0 Å². The van der Waals surface area contributed by atoms with Gasteiger partial charge < -0.3 is 0 Å². The second-order valence-electron chi connectivity index (χ2n) is 2.69. The number of benzene rings is 1. The molecule has 0 amide bonds. The summed E-state index contributed by atoms with van der Waals surface area (Å²) in [6.07, 6.45) is 3.27. The Labute approximate surface area is 74.8 Å². The van der Waals surface area contributed by atoms with Gasteiger partial charge in [0, 0.05) is 11.8 Å². The number of hydrogen-bond donors (Lipinski definition) is 0. The predicted molar refractivity (Wildman–Crippen MR) is 45.5 cm³/mol. The van der Waals surface area contributed by atoms with Crippen LogP contribution in [0.15, 0.2) is 36.7 Å². The zero-order valence-corrected chi connectivity index (χ0v) is 6.89. The van der Waals surface area contributed by atoms with E-state index in [0.717, 1.165) is 0 Å². The van der Waals surface area contributed by atoms with Crippen molar-refractivity contribution in [2.24, 2.45) is 0 Å². The van der Waals surface area contributed by atoms with Crippen LogP contribution in [0.1, 0.15) is 5.56 Å². The molecule has 1 heterocycles. The molecule has 0 atom stereocenters. The van der Waals surface area contributed by atoms with E-state index < -0.39 is 0 Å². The summed E-state index contributed by atoms with van der Waals surface area (Å²) in [5.41, 5.74) is 0.619. The number of hydrogen-bond acceptors (Lipinski definition) is 2. The lowest BCUT2D eigenvalue weighted by Crippen LogP contribution is -2.02. The Kier molecular flexibility index (Phi) is 2.04. The minimum absolute atomic E-state index is 0.210. The van der Waals surface area contributed by atoms with E-state index in [0.29, 0.717) is 12.1 Å². The van der Waals surface area contributed by atoms with E-state index >= 15 is 0 Å². The van der Waals surface area contributed by atoms with Gasteiger partial charge in [0.15, 0.2) is 0 Å². The van der Waals surface area contributed by atoms with E-state index in [-0.39, 0.29) is 5.82 Å². The Morgan fingerprint density at radius 2 is 2.15 bits per heavy atom. The zero-order chi connectivity index (χ0) is 9.10. The molecule has 2 rings (SSSR count). The fraction of sp³-hybridized carbons (Fsp3) is 0.111. The Balaban J connectivity index is 2.24. The molecule has 0 aliphatic heterocycles. The van der Waals surface area contributed by atoms with E-state index in [1.165, 1.54) is 6.07 Å². The lowest BCUT2D eigenvalue weighted by Gasteiger charge is -2.01. The van der Waals surface area contributed by atoms with Gasteiger partial charge in [0.05, 0.1) is 12.7 Å². The predicted octanol–water partition coefficient (Wildman–Crippen LogP) is 1.47. The standard InChI is InChI=1S/C9H8FN3/c10-9-4-2-1-3-8(9)7-13-6-5-11-12-13/h1-6H,7H2.